The maximum Gasteiger partial charge on any atom is 0.140 e. The van der Waals surface area contributed by atoms with Crippen molar-refractivity contribution >= 4 is 0 Å². The molecule has 1 aromatic carbocycles. The molecule has 0 spiro atoms. The van der Waals surface area contributed by atoms with Gasteiger partial charge in [0.25, 0.3) is 0 Å². The van der Waals surface area contributed by atoms with E-state index in [0.717, 1.165) is 6.07 Å². The third kappa shape index (κ3) is 2.01. The van der Waals surface area contributed by atoms with E-state index in [9.17, 15) is 13.2 Å². The lowest BCUT2D eigenvalue weighted by atomic mass is 10.1. The van der Waals surface area contributed by atoms with Crippen LogP contribution in [0.3, 0.4) is 0 Å². The number of hydrogen-bond acceptors (Lipinski definition) is 1. The topological polar surface area (TPSA) is 26.0 Å². The van der Waals surface area contributed by atoms with Crippen molar-refractivity contribution in [1.29, 1.82) is 0 Å². The first-order valence-electron chi connectivity index (χ1n) is 3.86. The molecule has 1 nitrogen and oxygen atoms in total. The van der Waals surface area contributed by atoms with Crippen molar-refractivity contribution in [3.8, 4) is 0 Å². The molecular formula is C9H10F3N. The van der Waals surface area contributed by atoms with Crippen molar-refractivity contribution in [2.75, 3.05) is 6.54 Å². The zero-order valence-electron chi connectivity index (χ0n) is 7.15. The number of benzene rings is 1. The summed E-state index contributed by atoms with van der Waals surface area (Å²) in [6, 6.07) is 1.81. The van der Waals surface area contributed by atoms with Crippen LogP contribution in [-0.2, 0) is 0 Å². The number of halogens is 3. The van der Waals surface area contributed by atoms with E-state index in [1.54, 1.807) is 0 Å². The molecule has 0 saturated carbocycles. The lowest BCUT2D eigenvalue weighted by molar-refractivity contribution is 0.340. The highest BCUT2D eigenvalue weighted by Gasteiger charge is 2.14. The van der Waals surface area contributed by atoms with E-state index in [-0.39, 0.29) is 17.7 Å². The van der Waals surface area contributed by atoms with Crippen molar-refractivity contribution in [2.24, 2.45) is 5.73 Å². The monoisotopic (exact) mass is 189 g/mol. The second-order valence-corrected chi connectivity index (χ2v) is 2.83. The number of aryl methyl sites for hydroxylation is 1. The van der Waals surface area contributed by atoms with Gasteiger partial charge in [0, 0.05) is 18.2 Å². The molecule has 13 heavy (non-hydrogen) atoms. The number of hydrogen-bond donors (Lipinski definition) is 1. The summed E-state index contributed by atoms with van der Waals surface area (Å²) in [7, 11) is 0. The normalized spacial score (nSPS) is 13.0. The van der Waals surface area contributed by atoms with Crippen LogP contribution in [0, 0.1) is 18.6 Å². The molecule has 1 aromatic rings. The van der Waals surface area contributed by atoms with E-state index >= 15 is 0 Å². The maximum atomic E-state index is 12.9. The molecule has 0 heterocycles. The van der Waals surface area contributed by atoms with Crippen molar-refractivity contribution in [1.82, 2.24) is 0 Å². The molecule has 0 aliphatic carbocycles. The van der Waals surface area contributed by atoms with Crippen molar-refractivity contribution in [3.63, 3.8) is 0 Å². The predicted molar refractivity (Wildman–Crippen MR) is 44.0 cm³/mol. The minimum atomic E-state index is -1.57. The highest BCUT2D eigenvalue weighted by atomic mass is 19.1. The molecule has 2 N–H and O–H groups in total. The molecule has 1 rings (SSSR count). The van der Waals surface area contributed by atoms with Gasteiger partial charge in [0.05, 0.1) is 0 Å². The lowest BCUT2D eigenvalue weighted by Gasteiger charge is -2.08. The van der Waals surface area contributed by atoms with E-state index in [2.05, 4.69) is 0 Å². The Balaban J connectivity index is 3.15. The van der Waals surface area contributed by atoms with Crippen LogP contribution in [0.15, 0.2) is 12.1 Å². The largest absolute Gasteiger partial charge is 0.327 e. The Morgan fingerprint density at radius 2 is 1.92 bits per heavy atom. The average Bonchev–Trinajstić information content (AvgIpc) is 2.10. The van der Waals surface area contributed by atoms with Crippen molar-refractivity contribution in [2.45, 2.75) is 13.1 Å². The van der Waals surface area contributed by atoms with Crippen LogP contribution in [0.25, 0.3) is 0 Å². The van der Waals surface area contributed by atoms with Gasteiger partial charge in [0.1, 0.15) is 17.8 Å². The predicted octanol–water partition coefficient (Wildman–Crippen LogP) is 2.24. The van der Waals surface area contributed by atoms with Crippen LogP contribution >= 0.6 is 0 Å². The lowest BCUT2D eigenvalue weighted by Crippen LogP contribution is -2.10. The van der Waals surface area contributed by atoms with Gasteiger partial charge in [-0.15, -0.1) is 0 Å². The van der Waals surface area contributed by atoms with Gasteiger partial charge >= 0.3 is 0 Å². The fraction of sp³-hybridized carbons (Fsp3) is 0.333. The number of rotatable bonds is 2. The first kappa shape index (κ1) is 10.1. The molecule has 4 heteroatoms. The maximum absolute atomic E-state index is 12.9. The molecule has 0 amide bonds. The Morgan fingerprint density at radius 3 is 2.46 bits per heavy atom. The Morgan fingerprint density at radius 1 is 1.31 bits per heavy atom. The van der Waals surface area contributed by atoms with Crippen LogP contribution in [0.5, 0.6) is 0 Å². The minimum absolute atomic E-state index is 0.179. The van der Waals surface area contributed by atoms with Crippen LogP contribution in [-0.4, -0.2) is 6.54 Å². The van der Waals surface area contributed by atoms with E-state index in [4.69, 9.17) is 5.73 Å². The summed E-state index contributed by atoms with van der Waals surface area (Å²) >= 11 is 0. The fourth-order valence-corrected chi connectivity index (χ4v) is 1.05. The van der Waals surface area contributed by atoms with E-state index in [0.29, 0.717) is 6.07 Å². The van der Waals surface area contributed by atoms with Crippen LogP contribution in [0.4, 0.5) is 13.2 Å². The third-order valence-electron chi connectivity index (χ3n) is 1.82. The van der Waals surface area contributed by atoms with Gasteiger partial charge in [-0.2, -0.15) is 0 Å². The molecule has 0 aliphatic rings. The molecule has 1 unspecified atom stereocenters. The van der Waals surface area contributed by atoms with Gasteiger partial charge in [-0.25, -0.2) is 13.2 Å². The summed E-state index contributed by atoms with van der Waals surface area (Å²) in [4.78, 5) is 0. The van der Waals surface area contributed by atoms with E-state index in [1.807, 2.05) is 0 Å². The zero-order valence-corrected chi connectivity index (χ0v) is 7.15. The quantitative estimate of drug-likeness (QED) is 0.758. The van der Waals surface area contributed by atoms with E-state index < -0.39 is 17.8 Å². The Kier molecular flexibility index (Phi) is 2.93. The second kappa shape index (κ2) is 3.79. The SMILES string of the molecule is Cc1cc(C(F)CN)c(F)cc1F. The molecule has 0 aromatic heterocycles. The summed E-state index contributed by atoms with van der Waals surface area (Å²) in [5.41, 5.74) is 5.06. The summed E-state index contributed by atoms with van der Waals surface area (Å²) in [5, 5.41) is 0. The molecule has 0 fully saturated rings. The molecule has 0 aliphatic heterocycles. The molecule has 0 bridgehead atoms. The number of alkyl halides is 1. The minimum Gasteiger partial charge on any atom is -0.327 e. The highest BCUT2D eigenvalue weighted by Crippen LogP contribution is 2.22. The molecule has 0 saturated heterocycles. The van der Waals surface area contributed by atoms with Gasteiger partial charge in [-0.05, 0) is 18.6 Å². The third-order valence-corrected chi connectivity index (χ3v) is 1.82. The van der Waals surface area contributed by atoms with Gasteiger partial charge in [0.15, 0.2) is 0 Å². The van der Waals surface area contributed by atoms with Crippen molar-refractivity contribution < 1.29 is 13.2 Å². The fourth-order valence-electron chi connectivity index (χ4n) is 1.05. The molecule has 0 radical (unpaired) electrons. The average molecular weight is 189 g/mol. The van der Waals surface area contributed by atoms with Crippen molar-refractivity contribution in [3.05, 3.63) is 34.9 Å². The Hall–Kier alpha value is -1.03. The van der Waals surface area contributed by atoms with E-state index in [1.165, 1.54) is 6.92 Å². The number of nitrogens with two attached hydrogens (primary N) is 1. The second-order valence-electron chi connectivity index (χ2n) is 2.83. The van der Waals surface area contributed by atoms with Crippen LogP contribution in [0.1, 0.15) is 17.3 Å². The van der Waals surface area contributed by atoms with Gasteiger partial charge in [-0.3, -0.25) is 0 Å². The first-order valence-corrected chi connectivity index (χ1v) is 3.86. The van der Waals surface area contributed by atoms with Gasteiger partial charge in [-0.1, -0.05) is 0 Å². The standard InChI is InChI=1S/C9H10F3N/c1-5-2-6(9(12)4-13)8(11)3-7(5)10/h2-3,9H,4,13H2,1H3. The van der Waals surface area contributed by atoms with Gasteiger partial charge in [0.2, 0.25) is 0 Å². The zero-order chi connectivity index (χ0) is 10.0. The smallest absolute Gasteiger partial charge is 0.140 e. The van der Waals surface area contributed by atoms with Crippen LogP contribution < -0.4 is 5.73 Å². The van der Waals surface area contributed by atoms with Gasteiger partial charge < -0.3 is 5.73 Å². The Labute approximate surface area is 74.4 Å². The summed E-state index contributed by atoms with van der Waals surface area (Å²) in [5.74, 6) is -1.56. The highest BCUT2D eigenvalue weighted by molar-refractivity contribution is 5.27. The first-order chi connectivity index (χ1) is 6.06. The van der Waals surface area contributed by atoms with Crippen LogP contribution in [0.2, 0.25) is 0 Å². The molecule has 72 valence electrons. The Bertz CT molecular complexity index is 312. The summed E-state index contributed by atoms with van der Waals surface area (Å²) in [6.07, 6.45) is -1.57. The summed E-state index contributed by atoms with van der Waals surface area (Å²) < 4.78 is 38.6. The molecule has 1 atom stereocenters. The summed E-state index contributed by atoms with van der Waals surface area (Å²) in [6.45, 7) is 1.14. The molecular weight excluding hydrogens is 179 g/mol.